The SMILES string of the molecule is Cc1noc(C(C)OC(=O)CCc2ccccc2F)n1. The van der Waals surface area contributed by atoms with E-state index in [1.165, 1.54) is 6.07 Å². The number of ether oxygens (including phenoxy) is 1. The maximum absolute atomic E-state index is 13.4. The molecule has 0 saturated heterocycles. The highest BCUT2D eigenvalue weighted by atomic mass is 19.1. The maximum Gasteiger partial charge on any atom is 0.306 e. The first kappa shape index (κ1) is 14.2. The zero-order valence-electron chi connectivity index (χ0n) is 11.3. The lowest BCUT2D eigenvalue weighted by molar-refractivity contribution is -0.149. The molecule has 1 heterocycles. The van der Waals surface area contributed by atoms with Crippen LogP contribution in [0.1, 0.15) is 36.7 Å². The Morgan fingerprint density at radius 2 is 2.20 bits per heavy atom. The van der Waals surface area contributed by atoms with Gasteiger partial charge in [0.15, 0.2) is 11.9 Å². The number of aromatic nitrogens is 2. The van der Waals surface area contributed by atoms with E-state index in [1.54, 1.807) is 32.0 Å². The van der Waals surface area contributed by atoms with Crippen LogP contribution in [0.15, 0.2) is 28.8 Å². The summed E-state index contributed by atoms with van der Waals surface area (Å²) in [6, 6.07) is 6.35. The van der Waals surface area contributed by atoms with E-state index in [9.17, 15) is 9.18 Å². The Labute approximate surface area is 115 Å². The van der Waals surface area contributed by atoms with Gasteiger partial charge in [0.2, 0.25) is 0 Å². The van der Waals surface area contributed by atoms with Gasteiger partial charge in [-0.3, -0.25) is 4.79 Å². The lowest BCUT2D eigenvalue weighted by atomic mass is 10.1. The van der Waals surface area contributed by atoms with Gasteiger partial charge in [0.25, 0.3) is 5.89 Å². The molecule has 20 heavy (non-hydrogen) atoms. The number of benzene rings is 1. The third-order valence-corrected chi connectivity index (χ3v) is 2.76. The van der Waals surface area contributed by atoms with E-state index >= 15 is 0 Å². The summed E-state index contributed by atoms with van der Waals surface area (Å²) in [5.41, 5.74) is 0.491. The van der Waals surface area contributed by atoms with Crippen molar-refractivity contribution in [3.05, 3.63) is 47.4 Å². The minimum absolute atomic E-state index is 0.0956. The number of nitrogens with zero attached hydrogens (tertiary/aromatic N) is 2. The molecule has 0 amide bonds. The van der Waals surface area contributed by atoms with Crippen LogP contribution >= 0.6 is 0 Å². The van der Waals surface area contributed by atoms with Crippen molar-refractivity contribution in [1.29, 1.82) is 0 Å². The molecule has 1 aromatic carbocycles. The molecule has 0 fully saturated rings. The number of carbonyl (C=O) groups is 1. The predicted molar refractivity (Wildman–Crippen MR) is 68.3 cm³/mol. The minimum Gasteiger partial charge on any atom is -0.453 e. The van der Waals surface area contributed by atoms with E-state index in [1.807, 2.05) is 0 Å². The molecule has 0 spiro atoms. The van der Waals surface area contributed by atoms with Gasteiger partial charge in [-0.15, -0.1) is 0 Å². The van der Waals surface area contributed by atoms with Crippen molar-refractivity contribution < 1.29 is 18.4 Å². The number of esters is 1. The van der Waals surface area contributed by atoms with Crippen LogP contribution in [0, 0.1) is 12.7 Å². The van der Waals surface area contributed by atoms with Crippen LogP contribution in [0.4, 0.5) is 4.39 Å². The molecule has 1 atom stereocenters. The monoisotopic (exact) mass is 278 g/mol. The first-order valence-electron chi connectivity index (χ1n) is 6.29. The normalized spacial score (nSPS) is 12.2. The molecule has 0 aliphatic rings. The van der Waals surface area contributed by atoms with Gasteiger partial charge in [-0.05, 0) is 31.9 Å². The number of hydrogen-bond donors (Lipinski definition) is 0. The predicted octanol–water partition coefficient (Wildman–Crippen LogP) is 2.75. The summed E-state index contributed by atoms with van der Waals surface area (Å²) in [4.78, 5) is 15.7. The van der Waals surface area contributed by atoms with Gasteiger partial charge in [-0.2, -0.15) is 4.98 Å². The van der Waals surface area contributed by atoms with Gasteiger partial charge in [0.05, 0.1) is 0 Å². The summed E-state index contributed by atoms with van der Waals surface area (Å²) in [5, 5.41) is 3.62. The molecule has 0 saturated carbocycles. The van der Waals surface area contributed by atoms with E-state index in [-0.39, 0.29) is 18.1 Å². The molecule has 1 aromatic heterocycles. The molecular weight excluding hydrogens is 263 g/mol. The fraction of sp³-hybridized carbons (Fsp3) is 0.357. The zero-order valence-corrected chi connectivity index (χ0v) is 11.3. The second kappa shape index (κ2) is 6.27. The van der Waals surface area contributed by atoms with Crippen LogP contribution in [0.5, 0.6) is 0 Å². The van der Waals surface area contributed by atoms with Gasteiger partial charge < -0.3 is 9.26 Å². The highest BCUT2D eigenvalue weighted by molar-refractivity contribution is 5.70. The van der Waals surface area contributed by atoms with Crippen molar-refractivity contribution in [2.45, 2.75) is 32.8 Å². The first-order valence-corrected chi connectivity index (χ1v) is 6.29. The molecule has 0 aliphatic heterocycles. The average molecular weight is 278 g/mol. The minimum atomic E-state index is -0.607. The van der Waals surface area contributed by atoms with Crippen LogP contribution in [0.3, 0.4) is 0 Å². The third kappa shape index (κ3) is 3.63. The van der Waals surface area contributed by atoms with Crippen molar-refractivity contribution in [2.24, 2.45) is 0 Å². The smallest absolute Gasteiger partial charge is 0.306 e. The Morgan fingerprint density at radius 1 is 1.45 bits per heavy atom. The van der Waals surface area contributed by atoms with Crippen molar-refractivity contribution in [3.8, 4) is 0 Å². The maximum atomic E-state index is 13.4. The first-order chi connectivity index (χ1) is 9.56. The lowest BCUT2D eigenvalue weighted by Gasteiger charge is -2.09. The molecule has 0 N–H and O–H groups in total. The van der Waals surface area contributed by atoms with Crippen LogP contribution in [0.25, 0.3) is 0 Å². The summed E-state index contributed by atoms with van der Waals surface area (Å²) in [6.45, 7) is 3.33. The molecule has 0 aliphatic carbocycles. The van der Waals surface area contributed by atoms with E-state index < -0.39 is 12.1 Å². The molecule has 5 nitrogen and oxygen atoms in total. The lowest BCUT2D eigenvalue weighted by Crippen LogP contribution is -2.10. The summed E-state index contributed by atoms with van der Waals surface area (Å²) < 4.78 is 23.4. The Kier molecular flexibility index (Phi) is 4.45. The van der Waals surface area contributed by atoms with Crippen molar-refractivity contribution in [3.63, 3.8) is 0 Å². The molecule has 2 aromatic rings. The van der Waals surface area contributed by atoms with Gasteiger partial charge >= 0.3 is 5.97 Å². The number of halogens is 1. The van der Waals surface area contributed by atoms with E-state index in [4.69, 9.17) is 9.26 Å². The number of rotatable bonds is 5. The number of aryl methyl sites for hydroxylation is 2. The molecule has 6 heteroatoms. The Balaban J connectivity index is 1.85. The molecule has 1 unspecified atom stereocenters. The topological polar surface area (TPSA) is 65.2 Å². The summed E-state index contributed by atoms with van der Waals surface area (Å²) in [5.74, 6) is -0.0199. The highest BCUT2D eigenvalue weighted by Crippen LogP contribution is 2.16. The molecule has 106 valence electrons. The number of carbonyl (C=O) groups excluding carboxylic acids is 1. The van der Waals surface area contributed by atoms with Crippen LogP contribution in [-0.4, -0.2) is 16.1 Å². The van der Waals surface area contributed by atoms with E-state index in [0.717, 1.165) is 0 Å². The third-order valence-electron chi connectivity index (χ3n) is 2.76. The Morgan fingerprint density at radius 3 is 2.85 bits per heavy atom. The molecular formula is C14H15FN2O3. The van der Waals surface area contributed by atoms with Crippen molar-refractivity contribution in [1.82, 2.24) is 10.1 Å². The van der Waals surface area contributed by atoms with Gasteiger partial charge in [-0.1, -0.05) is 23.4 Å². The number of hydrogen-bond acceptors (Lipinski definition) is 5. The fourth-order valence-corrected chi connectivity index (χ4v) is 1.72. The van der Waals surface area contributed by atoms with Crippen LogP contribution in [0.2, 0.25) is 0 Å². The van der Waals surface area contributed by atoms with E-state index in [0.29, 0.717) is 17.8 Å². The van der Waals surface area contributed by atoms with Crippen LogP contribution < -0.4 is 0 Å². The van der Waals surface area contributed by atoms with Gasteiger partial charge in [0, 0.05) is 6.42 Å². The molecule has 0 radical (unpaired) electrons. The summed E-state index contributed by atoms with van der Waals surface area (Å²) >= 11 is 0. The highest BCUT2D eigenvalue weighted by Gasteiger charge is 2.17. The van der Waals surface area contributed by atoms with Crippen LogP contribution in [-0.2, 0) is 16.0 Å². The fourth-order valence-electron chi connectivity index (χ4n) is 1.72. The van der Waals surface area contributed by atoms with Crippen molar-refractivity contribution >= 4 is 5.97 Å². The molecule has 0 bridgehead atoms. The van der Waals surface area contributed by atoms with Crippen molar-refractivity contribution in [2.75, 3.05) is 0 Å². The summed E-state index contributed by atoms with van der Waals surface area (Å²) in [6.07, 6.45) is -0.219. The second-order valence-electron chi connectivity index (χ2n) is 4.40. The van der Waals surface area contributed by atoms with Gasteiger partial charge in [0.1, 0.15) is 5.82 Å². The Hall–Kier alpha value is -2.24. The summed E-state index contributed by atoms with van der Waals surface area (Å²) in [7, 11) is 0. The second-order valence-corrected chi connectivity index (χ2v) is 4.40. The van der Waals surface area contributed by atoms with Gasteiger partial charge in [-0.25, -0.2) is 4.39 Å². The Bertz CT molecular complexity index is 598. The standard InChI is InChI=1S/C14H15FN2O3/c1-9(14-16-10(2)17-20-14)19-13(18)8-7-11-5-3-4-6-12(11)15/h3-6,9H,7-8H2,1-2H3. The quantitative estimate of drug-likeness (QED) is 0.787. The average Bonchev–Trinajstić information content (AvgIpc) is 2.84. The molecule has 2 rings (SSSR count). The zero-order chi connectivity index (χ0) is 14.5. The van der Waals surface area contributed by atoms with E-state index in [2.05, 4.69) is 10.1 Å². The largest absolute Gasteiger partial charge is 0.453 e.